The Morgan fingerprint density at radius 2 is 0.911 bits per heavy atom. The Kier molecular flexibility index (Phi) is 7.31. The van der Waals surface area contributed by atoms with Crippen LogP contribution < -0.4 is 0 Å². The highest BCUT2D eigenvalue weighted by atomic mass is 16.3. The number of benzene rings is 6. The fraction of sp³-hybridized carbons (Fsp3) is 0. The summed E-state index contributed by atoms with van der Waals surface area (Å²) in [5, 5.41) is 3.26. The summed E-state index contributed by atoms with van der Waals surface area (Å²) in [4.78, 5) is 29.6. The molecule has 0 aliphatic carbocycles. The number of hydrogen-bond donors (Lipinski definition) is 0. The maximum absolute atomic E-state index is 6.21. The zero-order chi connectivity index (χ0) is 37.0. The van der Waals surface area contributed by atoms with Crippen molar-refractivity contribution in [2.75, 3.05) is 0 Å². The largest absolute Gasteiger partial charge is 0.434 e. The quantitative estimate of drug-likeness (QED) is 0.169. The standard InChI is InChI=1S/C48H29N7O/c1-3-13-30(14-4-1)41-43-42(38-21-12-28-49-48(38)56-43)51-44(50-41)32-24-26-33(27-25-32)46-52-45(31-15-5-2-6-16-31)53-47(54-46)34-17-11-18-35(29-34)55-39-22-9-7-19-36(39)37-20-8-10-23-40(37)55/h1-29H. The third kappa shape index (κ3) is 5.31. The van der Waals surface area contributed by atoms with E-state index in [9.17, 15) is 0 Å². The normalized spacial score (nSPS) is 11.6. The van der Waals surface area contributed by atoms with Gasteiger partial charge in [0.1, 0.15) is 11.2 Å². The third-order valence-corrected chi connectivity index (χ3v) is 10.1. The van der Waals surface area contributed by atoms with Crippen LogP contribution in [0, 0.1) is 0 Å². The van der Waals surface area contributed by atoms with E-state index in [2.05, 4.69) is 82.3 Å². The molecule has 0 bridgehead atoms. The Balaban J connectivity index is 1.03. The Morgan fingerprint density at radius 1 is 0.393 bits per heavy atom. The van der Waals surface area contributed by atoms with Crippen molar-refractivity contribution in [1.29, 1.82) is 0 Å². The predicted octanol–water partition coefficient (Wildman–Crippen LogP) is 11.4. The minimum absolute atomic E-state index is 0.530. The van der Waals surface area contributed by atoms with Gasteiger partial charge in [-0.25, -0.2) is 29.9 Å². The van der Waals surface area contributed by atoms with E-state index in [1.165, 1.54) is 10.8 Å². The molecule has 11 rings (SSSR count). The van der Waals surface area contributed by atoms with Crippen molar-refractivity contribution in [3.63, 3.8) is 0 Å². The van der Waals surface area contributed by atoms with Crippen molar-refractivity contribution < 1.29 is 4.42 Å². The van der Waals surface area contributed by atoms with E-state index in [1.807, 2.05) is 97.1 Å². The number of aromatic nitrogens is 7. The van der Waals surface area contributed by atoms with Gasteiger partial charge in [-0.3, -0.25) is 0 Å². The first-order valence-corrected chi connectivity index (χ1v) is 18.4. The summed E-state index contributed by atoms with van der Waals surface area (Å²) in [5.41, 5.74) is 10.3. The molecule has 8 heteroatoms. The van der Waals surface area contributed by atoms with Gasteiger partial charge >= 0.3 is 0 Å². The molecule has 0 N–H and O–H groups in total. The summed E-state index contributed by atoms with van der Waals surface area (Å²) >= 11 is 0. The molecule has 5 heterocycles. The Labute approximate surface area is 320 Å². The van der Waals surface area contributed by atoms with Crippen LogP contribution in [0.15, 0.2) is 180 Å². The van der Waals surface area contributed by atoms with Crippen LogP contribution in [-0.4, -0.2) is 34.5 Å². The molecule has 0 aliphatic rings. The van der Waals surface area contributed by atoms with Crippen molar-refractivity contribution in [2.24, 2.45) is 0 Å². The molecule has 6 aromatic carbocycles. The highest BCUT2D eigenvalue weighted by Gasteiger charge is 2.20. The minimum Gasteiger partial charge on any atom is -0.434 e. The van der Waals surface area contributed by atoms with Gasteiger partial charge in [-0.1, -0.05) is 133 Å². The summed E-state index contributed by atoms with van der Waals surface area (Å²) < 4.78 is 8.51. The molecule has 0 spiro atoms. The van der Waals surface area contributed by atoms with Crippen molar-refractivity contribution in [2.45, 2.75) is 0 Å². The number of para-hydroxylation sites is 2. The second kappa shape index (κ2) is 12.9. The van der Waals surface area contributed by atoms with Crippen LogP contribution >= 0.6 is 0 Å². The van der Waals surface area contributed by atoms with Crippen LogP contribution in [0.3, 0.4) is 0 Å². The molecule has 0 atom stereocenters. The highest BCUT2D eigenvalue weighted by Crippen LogP contribution is 2.36. The van der Waals surface area contributed by atoms with Gasteiger partial charge in [0.15, 0.2) is 28.9 Å². The summed E-state index contributed by atoms with van der Waals surface area (Å²) in [6, 6.07) is 57.4. The average molecular weight is 720 g/mol. The van der Waals surface area contributed by atoms with Crippen molar-refractivity contribution >= 4 is 44.0 Å². The van der Waals surface area contributed by atoms with Gasteiger partial charge in [0.25, 0.3) is 0 Å². The molecule has 0 aliphatic heterocycles. The van der Waals surface area contributed by atoms with E-state index in [0.29, 0.717) is 40.3 Å². The van der Waals surface area contributed by atoms with Gasteiger partial charge in [-0.2, -0.15) is 0 Å². The van der Waals surface area contributed by atoms with Crippen LogP contribution in [-0.2, 0) is 0 Å². The van der Waals surface area contributed by atoms with Gasteiger partial charge in [-0.05, 0) is 36.4 Å². The molecular formula is C48H29N7O. The number of furan rings is 1. The van der Waals surface area contributed by atoms with Gasteiger partial charge in [0, 0.05) is 50.5 Å². The molecular weight excluding hydrogens is 691 g/mol. The smallest absolute Gasteiger partial charge is 0.229 e. The molecule has 11 aromatic rings. The number of pyridine rings is 1. The number of nitrogens with zero attached hydrogens (tertiary/aromatic N) is 7. The summed E-state index contributed by atoms with van der Waals surface area (Å²) in [7, 11) is 0. The lowest BCUT2D eigenvalue weighted by Gasteiger charge is -2.12. The lowest BCUT2D eigenvalue weighted by Crippen LogP contribution is -2.01. The van der Waals surface area contributed by atoms with Crippen molar-refractivity contribution in [3.8, 4) is 62.5 Å². The monoisotopic (exact) mass is 719 g/mol. The molecule has 8 nitrogen and oxygen atoms in total. The van der Waals surface area contributed by atoms with Crippen molar-refractivity contribution in [3.05, 3.63) is 176 Å². The van der Waals surface area contributed by atoms with Crippen LogP contribution in [0.2, 0.25) is 0 Å². The highest BCUT2D eigenvalue weighted by molar-refractivity contribution is 6.09. The van der Waals surface area contributed by atoms with E-state index >= 15 is 0 Å². The number of rotatable bonds is 6. The van der Waals surface area contributed by atoms with Gasteiger partial charge in [0.05, 0.1) is 16.4 Å². The van der Waals surface area contributed by atoms with E-state index < -0.39 is 0 Å². The zero-order valence-electron chi connectivity index (χ0n) is 29.8. The van der Waals surface area contributed by atoms with E-state index in [4.69, 9.17) is 29.3 Å². The molecule has 0 saturated heterocycles. The topological polar surface area (TPSA) is 95.4 Å². The summed E-state index contributed by atoms with van der Waals surface area (Å²) in [6.45, 7) is 0. The number of fused-ring (bicyclic) bond motifs is 6. The fourth-order valence-corrected chi connectivity index (χ4v) is 7.50. The first-order chi connectivity index (χ1) is 27.7. The molecule has 0 saturated carbocycles. The van der Waals surface area contributed by atoms with Crippen LogP contribution in [0.1, 0.15) is 0 Å². The second-order valence-electron chi connectivity index (χ2n) is 13.6. The Hall–Kier alpha value is -7.84. The average Bonchev–Trinajstić information content (AvgIpc) is 3.83. The van der Waals surface area contributed by atoms with Gasteiger partial charge < -0.3 is 8.98 Å². The Bertz CT molecular complexity index is 3190. The molecule has 262 valence electrons. The number of hydrogen-bond acceptors (Lipinski definition) is 7. The molecule has 0 unspecified atom stereocenters. The first kappa shape index (κ1) is 31.7. The fourth-order valence-electron chi connectivity index (χ4n) is 7.50. The first-order valence-electron chi connectivity index (χ1n) is 18.4. The lowest BCUT2D eigenvalue weighted by atomic mass is 10.1. The zero-order valence-corrected chi connectivity index (χ0v) is 29.8. The maximum Gasteiger partial charge on any atom is 0.229 e. The molecule has 5 aromatic heterocycles. The van der Waals surface area contributed by atoms with E-state index in [-0.39, 0.29) is 0 Å². The van der Waals surface area contributed by atoms with Crippen molar-refractivity contribution in [1.82, 2.24) is 34.5 Å². The van der Waals surface area contributed by atoms with E-state index in [0.717, 1.165) is 55.4 Å². The van der Waals surface area contributed by atoms with E-state index in [1.54, 1.807) is 6.20 Å². The van der Waals surface area contributed by atoms with Gasteiger partial charge in [0.2, 0.25) is 5.71 Å². The summed E-state index contributed by atoms with van der Waals surface area (Å²) in [6.07, 6.45) is 1.72. The lowest BCUT2D eigenvalue weighted by molar-refractivity contribution is 0.652. The third-order valence-electron chi connectivity index (χ3n) is 10.1. The molecule has 0 amide bonds. The van der Waals surface area contributed by atoms with Crippen LogP contribution in [0.5, 0.6) is 0 Å². The second-order valence-corrected chi connectivity index (χ2v) is 13.6. The Morgan fingerprint density at radius 3 is 1.57 bits per heavy atom. The van der Waals surface area contributed by atoms with Crippen LogP contribution in [0.25, 0.3) is 107 Å². The predicted molar refractivity (Wildman–Crippen MR) is 222 cm³/mol. The summed E-state index contributed by atoms with van der Waals surface area (Å²) in [5.74, 6) is 2.33. The maximum atomic E-state index is 6.21. The molecule has 0 fully saturated rings. The SMILES string of the molecule is c1ccc(-c2nc(-c3ccc(-c4nc(-c5ccccc5)c5oc6ncccc6c5n4)cc3)nc(-c3cccc(-n4c5ccccc5c5ccccc54)c3)n2)cc1. The molecule has 56 heavy (non-hydrogen) atoms. The van der Waals surface area contributed by atoms with Gasteiger partial charge in [-0.15, -0.1) is 0 Å². The molecule has 0 radical (unpaired) electrons. The minimum atomic E-state index is 0.530. The van der Waals surface area contributed by atoms with Crippen LogP contribution in [0.4, 0.5) is 0 Å².